The number of thiazole rings is 1. The van der Waals surface area contributed by atoms with E-state index in [-0.39, 0.29) is 12.3 Å². The predicted octanol–water partition coefficient (Wildman–Crippen LogP) is 2.63. The summed E-state index contributed by atoms with van der Waals surface area (Å²) < 4.78 is 5.42. The summed E-state index contributed by atoms with van der Waals surface area (Å²) in [4.78, 5) is 16.3. The number of aromatic nitrogens is 1. The molecule has 0 aliphatic heterocycles. The molecular weight excluding hydrogens is 286 g/mol. The zero-order valence-corrected chi connectivity index (χ0v) is 13.0. The molecule has 6 heteroatoms. The fourth-order valence-corrected chi connectivity index (χ4v) is 2.74. The molecule has 0 unspecified atom stereocenters. The molecule has 2 aromatic rings. The molecule has 0 fully saturated rings. The number of aryl methyl sites for hydroxylation is 2. The lowest BCUT2D eigenvalue weighted by Crippen LogP contribution is -2.14. The summed E-state index contributed by atoms with van der Waals surface area (Å²) in [5, 5.41) is 4.44. The number of amides is 1. The standard InChI is InChI=1S/C15H19N3O2S/c1-10-14(21-11(2)18-10)9-17-12-3-5-13(6-4-12)20-8-7-15(16)19/h3-6,17H,7-9H2,1-2H3,(H2,16,19). The molecular formula is C15H19N3O2S. The summed E-state index contributed by atoms with van der Waals surface area (Å²) in [5.74, 6) is 0.370. The van der Waals surface area contributed by atoms with Gasteiger partial charge in [0.25, 0.3) is 0 Å². The van der Waals surface area contributed by atoms with Crippen LogP contribution < -0.4 is 15.8 Å². The maximum Gasteiger partial charge on any atom is 0.220 e. The SMILES string of the molecule is Cc1nc(C)c(CNc2ccc(OCCC(N)=O)cc2)s1. The van der Waals surface area contributed by atoms with E-state index in [1.165, 1.54) is 4.88 Å². The fourth-order valence-electron chi connectivity index (χ4n) is 1.86. The monoisotopic (exact) mass is 305 g/mol. The Morgan fingerprint density at radius 1 is 1.33 bits per heavy atom. The molecule has 0 bridgehead atoms. The molecule has 2 rings (SSSR count). The minimum Gasteiger partial charge on any atom is -0.493 e. The first-order valence-electron chi connectivity index (χ1n) is 6.72. The van der Waals surface area contributed by atoms with Crippen LogP contribution in [0.25, 0.3) is 0 Å². The topological polar surface area (TPSA) is 77.2 Å². The normalized spacial score (nSPS) is 10.4. The summed E-state index contributed by atoms with van der Waals surface area (Å²) in [6, 6.07) is 7.63. The molecule has 0 spiro atoms. The number of carbonyl (C=O) groups excluding carboxylic acids is 1. The van der Waals surface area contributed by atoms with Gasteiger partial charge >= 0.3 is 0 Å². The second kappa shape index (κ2) is 7.08. The Labute approximate surface area is 128 Å². The molecule has 1 heterocycles. The Morgan fingerprint density at radius 2 is 2.05 bits per heavy atom. The van der Waals surface area contributed by atoms with Gasteiger partial charge in [-0.3, -0.25) is 4.79 Å². The van der Waals surface area contributed by atoms with E-state index in [0.717, 1.165) is 28.7 Å². The van der Waals surface area contributed by atoms with E-state index in [9.17, 15) is 4.79 Å². The van der Waals surface area contributed by atoms with Gasteiger partial charge in [-0.05, 0) is 38.1 Å². The van der Waals surface area contributed by atoms with Crippen LogP contribution in [0.2, 0.25) is 0 Å². The minimum atomic E-state index is -0.358. The van der Waals surface area contributed by atoms with Crippen LogP contribution in [0.5, 0.6) is 5.75 Å². The molecule has 3 N–H and O–H groups in total. The Hall–Kier alpha value is -2.08. The number of hydrogen-bond donors (Lipinski definition) is 2. The molecule has 21 heavy (non-hydrogen) atoms. The van der Waals surface area contributed by atoms with Crippen LogP contribution in [0.4, 0.5) is 5.69 Å². The number of nitrogens with zero attached hydrogens (tertiary/aromatic N) is 1. The molecule has 1 aromatic heterocycles. The third-order valence-electron chi connectivity index (χ3n) is 2.92. The van der Waals surface area contributed by atoms with Crippen molar-refractivity contribution in [2.45, 2.75) is 26.8 Å². The average molecular weight is 305 g/mol. The first-order valence-corrected chi connectivity index (χ1v) is 7.54. The lowest BCUT2D eigenvalue weighted by atomic mass is 10.3. The van der Waals surface area contributed by atoms with Crippen molar-refractivity contribution < 1.29 is 9.53 Å². The van der Waals surface area contributed by atoms with Gasteiger partial charge in [0.2, 0.25) is 5.91 Å². The lowest BCUT2D eigenvalue weighted by Gasteiger charge is -2.08. The first kappa shape index (κ1) is 15.3. The van der Waals surface area contributed by atoms with Crippen molar-refractivity contribution >= 4 is 22.9 Å². The van der Waals surface area contributed by atoms with Crippen molar-refractivity contribution in [3.8, 4) is 5.75 Å². The first-order chi connectivity index (χ1) is 10.0. The summed E-state index contributed by atoms with van der Waals surface area (Å²) in [7, 11) is 0. The van der Waals surface area contributed by atoms with Gasteiger partial charge in [0, 0.05) is 10.6 Å². The zero-order chi connectivity index (χ0) is 15.2. The quantitative estimate of drug-likeness (QED) is 0.824. The Kier molecular flexibility index (Phi) is 5.16. The van der Waals surface area contributed by atoms with Crippen molar-refractivity contribution in [2.24, 2.45) is 5.73 Å². The number of nitrogens with two attached hydrogens (primary N) is 1. The van der Waals surface area contributed by atoms with E-state index >= 15 is 0 Å². The van der Waals surface area contributed by atoms with Gasteiger partial charge in [-0.1, -0.05) is 0 Å². The predicted molar refractivity (Wildman–Crippen MR) is 84.7 cm³/mol. The van der Waals surface area contributed by atoms with Gasteiger partial charge in [-0.2, -0.15) is 0 Å². The van der Waals surface area contributed by atoms with Crippen LogP contribution in [0.3, 0.4) is 0 Å². The van der Waals surface area contributed by atoms with E-state index < -0.39 is 0 Å². The number of benzene rings is 1. The van der Waals surface area contributed by atoms with Gasteiger partial charge in [-0.15, -0.1) is 11.3 Å². The lowest BCUT2D eigenvalue weighted by molar-refractivity contribution is -0.118. The van der Waals surface area contributed by atoms with E-state index in [4.69, 9.17) is 10.5 Å². The highest BCUT2D eigenvalue weighted by molar-refractivity contribution is 7.11. The number of hydrogen-bond acceptors (Lipinski definition) is 5. The highest BCUT2D eigenvalue weighted by Crippen LogP contribution is 2.20. The Bertz CT molecular complexity index is 608. The minimum absolute atomic E-state index is 0.226. The third kappa shape index (κ3) is 4.75. The van der Waals surface area contributed by atoms with Crippen LogP contribution in [0.15, 0.2) is 24.3 Å². The molecule has 0 radical (unpaired) electrons. The van der Waals surface area contributed by atoms with Crippen LogP contribution >= 0.6 is 11.3 Å². The number of primary amides is 1. The maximum atomic E-state index is 10.6. The van der Waals surface area contributed by atoms with Crippen molar-refractivity contribution in [1.82, 2.24) is 4.98 Å². The molecule has 1 aromatic carbocycles. The fraction of sp³-hybridized carbons (Fsp3) is 0.333. The van der Waals surface area contributed by atoms with Crippen LogP contribution in [0.1, 0.15) is 22.0 Å². The van der Waals surface area contributed by atoms with E-state index in [1.807, 2.05) is 38.1 Å². The summed E-state index contributed by atoms with van der Waals surface area (Å²) >= 11 is 1.71. The molecule has 1 amide bonds. The maximum absolute atomic E-state index is 10.6. The second-order valence-corrected chi connectivity index (χ2v) is 5.97. The second-order valence-electron chi connectivity index (χ2n) is 4.68. The van der Waals surface area contributed by atoms with Crippen molar-refractivity contribution in [1.29, 1.82) is 0 Å². The highest BCUT2D eigenvalue weighted by atomic mass is 32.1. The average Bonchev–Trinajstić information content (AvgIpc) is 2.76. The van der Waals surface area contributed by atoms with Crippen LogP contribution in [0, 0.1) is 13.8 Å². The van der Waals surface area contributed by atoms with Crippen LogP contribution in [-0.2, 0) is 11.3 Å². The zero-order valence-electron chi connectivity index (χ0n) is 12.2. The number of ether oxygens (including phenoxy) is 1. The number of carbonyl (C=O) groups is 1. The van der Waals surface area contributed by atoms with Crippen molar-refractivity contribution in [3.63, 3.8) is 0 Å². The molecule has 0 saturated carbocycles. The highest BCUT2D eigenvalue weighted by Gasteiger charge is 2.04. The molecule has 0 atom stereocenters. The molecule has 5 nitrogen and oxygen atoms in total. The Balaban J connectivity index is 1.84. The van der Waals surface area contributed by atoms with E-state index in [0.29, 0.717) is 6.61 Å². The molecule has 0 aliphatic carbocycles. The van der Waals surface area contributed by atoms with Gasteiger partial charge in [-0.25, -0.2) is 4.98 Å². The smallest absolute Gasteiger partial charge is 0.220 e. The van der Waals surface area contributed by atoms with Crippen LogP contribution in [-0.4, -0.2) is 17.5 Å². The Morgan fingerprint density at radius 3 is 2.62 bits per heavy atom. The molecule has 0 saturated heterocycles. The largest absolute Gasteiger partial charge is 0.493 e. The van der Waals surface area contributed by atoms with Crippen molar-refractivity contribution in [2.75, 3.05) is 11.9 Å². The number of anilines is 1. The van der Waals surface area contributed by atoms with Gasteiger partial charge in [0.15, 0.2) is 0 Å². The summed E-state index contributed by atoms with van der Waals surface area (Å²) in [6.07, 6.45) is 0.226. The number of rotatable bonds is 7. The van der Waals surface area contributed by atoms with Gasteiger partial charge in [0.05, 0.1) is 30.3 Å². The third-order valence-corrected chi connectivity index (χ3v) is 4.00. The van der Waals surface area contributed by atoms with E-state index in [1.54, 1.807) is 11.3 Å². The summed E-state index contributed by atoms with van der Waals surface area (Å²) in [6.45, 7) is 5.11. The molecule has 0 aliphatic rings. The van der Waals surface area contributed by atoms with Crippen molar-refractivity contribution in [3.05, 3.63) is 39.8 Å². The molecule has 112 valence electrons. The summed E-state index contributed by atoms with van der Waals surface area (Å²) in [5.41, 5.74) is 7.15. The van der Waals surface area contributed by atoms with E-state index in [2.05, 4.69) is 10.3 Å². The number of nitrogens with one attached hydrogen (secondary N) is 1. The van der Waals surface area contributed by atoms with Gasteiger partial charge in [0.1, 0.15) is 5.75 Å². The van der Waals surface area contributed by atoms with Gasteiger partial charge < -0.3 is 15.8 Å².